The van der Waals surface area contributed by atoms with E-state index in [2.05, 4.69) is 17.0 Å². The Hall–Kier alpha value is -2.83. The van der Waals surface area contributed by atoms with E-state index in [1.54, 1.807) is 41.0 Å². The summed E-state index contributed by atoms with van der Waals surface area (Å²) in [4.78, 5) is 14.2. The molecule has 2 amide bonds. The van der Waals surface area contributed by atoms with Gasteiger partial charge in [-0.25, -0.2) is 9.18 Å². The number of amides is 2. The summed E-state index contributed by atoms with van der Waals surface area (Å²) in [6, 6.07) is 5.71. The molecule has 0 saturated carbocycles. The molecule has 1 aromatic heterocycles. The van der Waals surface area contributed by atoms with Gasteiger partial charge in [0.1, 0.15) is 17.3 Å². The van der Waals surface area contributed by atoms with Crippen LogP contribution in [-0.2, 0) is 12.8 Å². The zero-order valence-corrected chi connectivity index (χ0v) is 13.2. The van der Waals surface area contributed by atoms with Crippen molar-refractivity contribution in [2.75, 3.05) is 6.54 Å². The number of nitrogens with zero attached hydrogens (tertiary/aromatic N) is 3. The van der Waals surface area contributed by atoms with Crippen LogP contribution in [0, 0.1) is 5.82 Å². The summed E-state index contributed by atoms with van der Waals surface area (Å²) in [5.74, 6) is 0.0376. The van der Waals surface area contributed by atoms with Gasteiger partial charge < -0.3 is 10.1 Å². The van der Waals surface area contributed by atoms with Crippen LogP contribution in [0.2, 0.25) is 0 Å². The molecule has 2 atom stereocenters. The Kier molecular flexibility index (Phi) is 3.13. The molecule has 2 aromatic rings. The number of nitrogens with one attached hydrogen (secondary N) is 1. The van der Waals surface area contributed by atoms with Gasteiger partial charge >= 0.3 is 6.03 Å². The number of aryl methyl sites for hydroxylation is 1. The summed E-state index contributed by atoms with van der Waals surface area (Å²) >= 11 is 0. The Morgan fingerprint density at radius 2 is 2.38 bits per heavy atom. The Morgan fingerprint density at radius 1 is 1.54 bits per heavy atom. The maximum Gasteiger partial charge on any atom is 0.321 e. The molecule has 6 nitrogen and oxygen atoms in total. The fraction of sp³-hybridized carbons (Fsp3) is 0.294. The van der Waals surface area contributed by atoms with Crippen LogP contribution in [0.25, 0.3) is 0 Å². The predicted octanol–water partition coefficient (Wildman–Crippen LogP) is 2.45. The van der Waals surface area contributed by atoms with E-state index >= 15 is 0 Å². The lowest BCUT2D eigenvalue weighted by Gasteiger charge is -2.51. The van der Waals surface area contributed by atoms with E-state index in [0.717, 1.165) is 0 Å². The number of fused-ring (bicyclic) bond motifs is 4. The zero-order valence-electron chi connectivity index (χ0n) is 13.2. The fourth-order valence-corrected chi connectivity index (χ4v) is 3.50. The van der Waals surface area contributed by atoms with Gasteiger partial charge in [0.25, 0.3) is 0 Å². The largest absolute Gasteiger partial charge is 0.461 e. The van der Waals surface area contributed by atoms with Gasteiger partial charge in [-0.1, -0.05) is 12.1 Å². The second kappa shape index (κ2) is 5.09. The minimum absolute atomic E-state index is 0.291. The highest BCUT2D eigenvalue weighted by atomic mass is 19.1. The second-order valence-corrected chi connectivity index (χ2v) is 6.02. The summed E-state index contributed by atoms with van der Waals surface area (Å²) < 4.78 is 22.1. The van der Waals surface area contributed by atoms with Crippen LogP contribution in [0.1, 0.15) is 23.7 Å². The number of carbonyl (C=O) groups excluding carboxylic acids is 1. The van der Waals surface area contributed by atoms with Crippen molar-refractivity contribution < 1.29 is 13.9 Å². The SMILES string of the molecule is C=CCN1C(=O)NC2CC1(c1ccn(C)n1)Oc1cccc(F)c12. The third-order valence-corrected chi connectivity index (χ3v) is 4.53. The quantitative estimate of drug-likeness (QED) is 0.881. The van der Waals surface area contributed by atoms with Crippen molar-refractivity contribution in [2.24, 2.45) is 7.05 Å². The van der Waals surface area contributed by atoms with E-state index in [9.17, 15) is 9.18 Å². The molecule has 0 spiro atoms. The third kappa shape index (κ3) is 1.94. The molecular formula is C17H17FN4O2. The monoisotopic (exact) mass is 328 g/mol. The van der Waals surface area contributed by atoms with Crippen molar-refractivity contribution in [1.82, 2.24) is 20.0 Å². The van der Waals surface area contributed by atoms with Gasteiger partial charge in [0, 0.05) is 26.2 Å². The summed E-state index contributed by atoms with van der Waals surface area (Å²) in [7, 11) is 1.80. The lowest BCUT2D eigenvalue weighted by Crippen LogP contribution is -2.64. The molecule has 0 radical (unpaired) electrons. The first kappa shape index (κ1) is 14.7. The minimum Gasteiger partial charge on any atom is -0.461 e. The van der Waals surface area contributed by atoms with Crippen LogP contribution < -0.4 is 10.1 Å². The van der Waals surface area contributed by atoms with Gasteiger partial charge in [-0.2, -0.15) is 5.10 Å². The Morgan fingerprint density at radius 3 is 3.08 bits per heavy atom. The molecule has 0 aliphatic carbocycles. The standard InChI is InChI=1S/C17H17FN4O2/c1-3-8-22-16(23)19-12-10-17(22,14-7-9-21(2)20-14)24-13-6-4-5-11(18)15(12)13/h3-7,9,12H,1,8,10H2,2H3,(H,19,23). The van der Waals surface area contributed by atoms with Crippen LogP contribution in [0.3, 0.4) is 0 Å². The average Bonchev–Trinajstić information content (AvgIpc) is 2.98. The van der Waals surface area contributed by atoms with E-state index in [4.69, 9.17) is 4.74 Å². The molecule has 2 unspecified atom stereocenters. The summed E-state index contributed by atoms with van der Waals surface area (Å²) in [6.07, 6.45) is 3.80. The molecule has 3 heterocycles. The molecule has 2 aliphatic rings. The molecule has 2 aliphatic heterocycles. The lowest BCUT2D eigenvalue weighted by molar-refractivity contribution is -0.104. The molecule has 1 saturated heterocycles. The van der Waals surface area contributed by atoms with Crippen LogP contribution in [0.15, 0.2) is 43.1 Å². The number of aromatic nitrogens is 2. The Labute approximate surface area is 138 Å². The molecule has 124 valence electrons. The lowest BCUT2D eigenvalue weighted by atomic mass is 9.87. The highest BCUT2D eigenvalue weighted by Gasteiger charge is 2.55. The van der Waals surface area contributed by atoms with Gasteiger partial charge in [-0.05, 0) is 18.2 Å². The maximum atomic E-state index is 14.3. The third-order valence-electron chi connectivity index (χ3n) is 4.53. The fourth-order valence-electron chi connectivity index (χ4n) is 3.50. The van der Waals surface area contributed by atoms with Gasteiger partial charge in [-0.15, -0.1) is 6.58 Å². The van der Waals surface area contributed by atoms with E-state index in [1.807, 2.05) is 6.07 Å². The first-order valence-electron chi connectivity index (χ1n) is 7.72. The minimum atomic E-state index is -1.08. The second-order valence-electron chi connectivity index (χ2n) is 6.02. The summed E-state index contributed by atoms with van der Waals surface area (Å²) in [5, 5.41) is 7.32. The van der Waals surface area contributed by atoms with Crippen molar-refractivity contribution in [2.45, 2.75) is 18.2 Å². The highest BCUT2D eigenvalue weighted by molar-refractivity contribution is 5.78. The molecular weight excluding hydrogens is 311 g/mol. The number of hydrogen-bond donors (Lipinski definition) is 1. The molecule has 2 bridgehead atoms. The first-order valence-corrected chi connectivity index (χ1v) is 7.72. The molecule has 1 aromatic carbocycles. The van der Waals surface area contributed by atoms with Crippen LogP contribution in [-0.4, -0.2) is 27.3 Å². The molecule has 24 heavy (non-hydrogen) atoms. The van der Waals surface area contributed by atoms with Crippen LogP contribution >= 0.6 is 0 Å². The Balaban J connectivity index is 1.92. The van der Waals surface area contributed by atoms with Crippen LogP contribution in [0.5, 0.6) is 5.75 Å². The number of hydrogen-bond acceptors (Lipinski definition) is 3. The molecule has 1 fully saturated rings. The first-order chi connectivity index (χ1) is 11.5. The number of ether oxygens (including phenoxy) is 1. The number of benzene rings is 1. The summed E-state index contributed by atoms with van der Waals surface area (Å²) in [6.45, 7) is 4.01. The molecule has 7 heteroatoms. The van der Waals surface area contributed by atoms with Gasteiger partial charge in [-0.3, -0.25) is 9.58 Å². The van der Waals surface area contributed by atoms with E-state index in [1.165, 1.54) is 6.07 Å². The molecule has 1 N–H and O–H groups in total. The van der Waals surface area contributed by atoms with Gasteiger partial charge in [0.05, 0.1) is 11.6 Å². The van der Waals surface area contributed by atoms with Crippen LogP contribution in [0.4, 0.5) is 9.18 Å². The Bertz CT molecular complexity index is 834. The smallest absolute Gasteiger partial charge is 0.321 e. The van der Waals surface area contributed by atoms with Crippen molar-refractivity contribution in [1.29, 1.82) is 0 Å². The van der Waals surface area contributed by atoms with E-state index in [-0.39, 0.29) is 11.8 Å². The van der Waals surface area contributed by atoms with Gasteiger partial charge in [0.2, 0.25) is 5.72 Å². The van der Waals surface area contributed by atoms with Crippen molar-refractivity contribution in [3.05, 3.63) is 60.2 Å². The number of halogens is 1. The topological polar surface area (TPSA) is 59.4 Å². The van der Waals surface area contributed by atoms with Crippen molar-refractivity contribution in [3.63, 3.8) is 0 Å². The highest BCUT2D eigenvalue weighted by Crippen LogP contribution is 2.49. The summed E-state index contributed by atoms with van der Waals surface area (Å²) in [5.41, 5.74) is -0.0826. The number of urea groups is 1. The van der Waals surface area contributed by atoms with Crippen molar-refractivity contribution >= 4 is 6.03 Å². The van der Waals surface area contributed by atoms with E-state index < -0.39 is 11.8 Å². The number of carbonyl (C=O) groups is 1. The number of rotatable bonds is 3. The van der Waals surface area contributed by atoms with Gasteiger partial charge in [0.15, 0.2) is 0 Å². The average molecular weight is 328 g/mol. The zero-order chi connectivity index (χ0) is 16.9. The molecule has 4 rings (SSSR count). The maximum absolute atomic E-state index is 14.3. The van der Waals surface area contributed by atoms with Crippen molar-refractivity contribution in [3.8, 4) is 5.75 Å². The normalized spacial score (nSPS) is 24.8. The van der Waals surface area contributed by atoms with E-state index in [0.29, 0.717) is 30.0 Å². The predicted molar refractivity (Wildman–Crippen MR) is 84.7 cm³/mol.